The molecule has 1 aromatic carbocycles. The molecular formula is C14H19N3O2. The van der Waals surface area contributed by atoms with Crippen molar-refractivity contribution in [3.63, 3.8) is 0 Å². The van der Waals surface area contributed by atoms with Crippen LogP contribution in [0, 0.1) is 16.0 Å². The smallest absolute Gasteiger partial charge is 0.269 e. The molecule has 102 valence electrons. The Balaban J connectivity index is 1.60. The van der Waals surface area contributed by atoms with Crippen molar-refractivity contribution in [2.75, 3.05) is 19.6 Å². The van der Waals surface area contributed by atoms with Crippen molar-refractivity contribution < 1.29 is 4.92 Å². The van der Waals surface area contributed by atoms with Crippen LogP contribution in [0.4, 0.5) is 5.69 Å². The third-order valence-corrected chi connectivity index (χ3v) is 4.35. The van der Waals surface area contributed by atoms with Crippen molar-refractivity contribution in [3.8, 4) is 0 Å². The van der Waals surface area contributed by atoms with Crippen LogP contribution in [-0.4, -0.2) is 35.5 Å². The van der Waals surface area contributed by atoms with Gasteiger partial charge in [0.15, 0.2) is 0 Å². The highest BCUT2D eigenvalue weighted by Crippen LogP contribution is 2.27. The SMILES string of the molecule is O=[N+]([O-])c1cccc(CNC2CN3CCC2CC3)c1. The van der Waals surface area contributed by atoms with Crippen molar-refractivity contribution >= 4 is 5.69 Å². The summed E-state index contributed by atoms with van der Waals surface area (Å²) in [7, 11) is 0. The highest BCUT2D eigenvalue weighted by Gasteiger charge is 2.33. The molecule has 1 aromatic rings. The predicted molar refractivity (Wildman–Crippen MR) is 72.9 cm³/mol. The molecule has 19 heavy (non-hydrogen) atoms. The van der Waals surface area contributed by atoms with Gasteiger partial charge in [0.25, 0.3) is 5.69 Å². The van der Waals surface area contributed by atoms with E-state index in [1.807, 2.05) is 6.07 Å². The maximum Gasteiger partial charge on any atom is 0.269 e. The number of nitrogens with zero attached hydrogens (tertiary/aromatic N) is 2. The molecule has 1 N–H and O–H groups in total. The minimum Gasteiger partial charge on any atom is -0.308 e. The van der Waals surface area contributed by atoms with Crippen LogP contribution in [-0.2, 0) is 6.54 Å². The molecule has 5 nitrogen and oxygen atoms in total. The molecule has 0 amide bonds. The summed E-state index contributed by atoms with van der Waals surface area (Å²) < 4.78 is 0. The fraction of sp³-hybridized carbons (Fsp3) is 0.571. The fourth-order valence-corrected chi connectivity index (χ4v) is 3.23. The number of fused-ring (bicyclic) bond motifs is 3. The number of benzene rings is 1. The number of rotatable bonds is 4. The van der Waals surface area contributed by atoms with Crippen LogP contribution in [0.15, 0.2) is 24.3 Å². The number of hydrogen-bond donors (Lipinski definition) is 1. The lowest BCUT2D eigenvalue weighted by Gasteiger charge is -2.45. The summed E-state index contributed by atoms with van der Waals surface area (Å²) in [5.41, 5.74) is 1.17. The number of nitrogens with one attached hydrogen (secondary N) is 1. The zero-order valence-corrected chi connectivity index (χ0v) is 10.9. The quantitative estimate of drug-likeness (QED) is 0.663. The first-order valence-corrected chi connectivity index (χ1v) is 6.91. The van der Waals surface area contributed by atoms with Crippen molar-refractivity contribution in [2.45, 2.75) is 25.4 Å². The Morgan fingerprint density at radius 2 is 2.16 bits per heavy atom. The molecule has 3 aliphatic rings. The van der Waals surface area contributed by atoms with Gasteiger partial charge in [-0.2, -0.15) is 0 Å². The summed E-state index contributed by atoms with van der Waals surface area (Å²) >= 11 is 0. The largest absolute Gasteiger partial charge is 0.308 e. The minimum atomic E-state index is -0.336. The highest BCUT2D eigenvalue weighted by atomic mass is 16.6. The van der Waals surface area contributed by atoms with Gasteiger partial charge >= 0.3 is 0 Å². The lowest BCUT2D eigenvalue weighted by atomic mass is 9.84. The molecule has 4 rings (SSSR count). The maximum atomic E-state index is 10.7. The van der Waals surface area contributed by atoms with E-state index in [1.165, 1.54) is 32.0 Å². The topological polar surface area (TPSA) is 58.4 Å². The molecule has 1 atom stereocenters. The van der Waals surface area contributed by atoms with E-state index < -0.39 is 0 Å². The molecule has 3 aliphatic heterocycles. The second-order valence-corrected chi connectivity index (χ2v) is 5.55. The average molecular weight is 261 g/mol. The maximum absolute atomic E-state index is 10.7. The first kappa shape index (κ1) is 12.6. The summed E-state index contributed by atoms with van der Waals surface area (Å²) in [4.78, 5) is 12.9. The Morgan fingerprint density at radius 1 is 1.37 bits per heavy atom. The Labute approximate surface area is 112 Å². The zero-order valence-electron chi connectivity index (χ0n) is 10.9. The lowest BCUT2D eigenvalue weighted by molar-refractivity contribution is -0.384. The Bertz CT molecular complexity index is 470. The molecule has 2 bridgehead atoms. The van der Waals surface area contributed by atoms with Crippen molar-refractivity contribution in [1.82, 2.24) is 10.2 Å². The fourth-order valence-electron chi connectivity index (χ4n) is 3.23. The van der Waals surface area contributed by atoms with E-state index in [9.17, 15) is 10.1 Å². The summed E-state index contributed by atoms with van der Waals surface area (Å²) in [6.07, 6.45) is 2.57. The van der Waals surface area contributed by atoms with E-state index in [2.05, 4.69) is 10.2 Å². The molecule has 3 heterocycles. The van der Waals surface area contributed by atoms with Crippen LogP contribution in [0.1, 0.15) is 18.4 Å². The lowest BCUT2D eigenvalue weighted by Crippen LogP contribution is -2.55. The standard InChI is InChI=1S/C14H19N3O2/c18-17(19)13-3-1-2-11(8-13)9-15-14-10-16-6-4-12(14)5-7-16/h1-3,8,12,14-15H,4-7,9-10H2. The second kappa shape index (κ2) is 5.27. The molecule has 0 radical (unpaired) electrons. The summed E-state index contributed by atoms with van der Waals surface area (Å²) in [6.45, 7) is 4.32. The molecule has 1 unspecified atom stereocenters. The van der Waals surface area contributed by atoms with Crippen LogP contribution in [0.3, 0.4) is 0 Å². The zero-order chi connectivity index (χ0) is 13.2. The van der Waals surface area contributed by atoms with Gasteiger partial charge in [-0.25, -0.2) is 0 Å². The van der Waals surface area contributed by atoms with Gasteiger partial charge in [0, 0.05) is 31.3 Å². The first-order chi connectivity index (χ1) is 9.22. The molecule has 5 heteroatoms. The molecule has 0 aromatic heterocycles. The minimum absolute atomic E-state index is 0.174. The Kier molecular flexibility index (Phi) is 3.48. The number of hydrogen-bond acceptors (Lipinski definition) is 4. The predicted octanol–water partition coefficient (Wildman–Crippen LogP) is 1.78. The van der Waals surface area contributed by atoms with Crippen LogP contribution in [0.25, 0.3) is 0 Å². The molecule has 0 spiro atoms. The summed E-state index contributed by atoms with van der Waals surface area (Å²) in [5, 5.41) is 14.3. The van der Waals surface area contributed by atoms with E-state index in [0.29, 0.717) is 6.04 Å². The Hall–Kier alpha value is -1.46. The van der Waals surface area contributed by atoms with E-state index in [0.717, 1.165) is 24.6 Å². The van der Waals surface area contributed by atoms with Crippen LogP contribution >= 0.6 is 0 Å². The first-order valence-electron chi connectivity index (χ1n) is 6.91. The van der Waals surface area contributed by atoms with Gasteiger partial charge in [-0.15, -0.1) is 0 Å². The number of nitro benzene ring substituents is 1. The van der Waals surface area contributed by atoms with Gasteiger partial charge < -0.3 is 10.2 Å². The normalized spacial score (nSPS) is 29.4. The molecule has 3 fully saturated rings. The van der Waals surface area contributed by atoms with Gasteiger partial charge in [0.2, 0.25) is 0 Å². The van der Waals surface area contributed by atoms with Crippen molar-refractivity contribution in [1.29, 1.82) is 0 Å². The second-order valence-electron chi connectivity index (χ2n) is 5.55. The highest BCUT2D eigenvalue weighted by molar-refractivity contribution is 5.34. The molecule has 0 aliphatic carbocycles. The summed E-state index contributed by atoms with van der Waals surface area (Å²) in [5.74, 6) is 0.781. The number of nitro groups is 1. The third-order valence-electron chi connectivity index (χ3n) is 4.35. The van der Waals surface area contributed by atoms with E-state index >= 15 is 0 Å². The van der Waals surface area contributed by atoms with Gasteiger partial charge in [-0.3, -0.25) is 10.1 Å². The average Bonchev–Trinajstić information content (AvgIpc) is 2.47. The molecular weight excluding hydrogens is 242 g/mol. The van der Waals surface area contributed by atoms with Gasteiger partial charge in [-0.05, 0) is 37.4 Å². The monoisotopic (exact) mass is 261 g/mol. The van der Waals surface area contributed by atoms with Gasteiger partial charge in [0.05, 0.1) is 4.92 Å². The third kappa shape index (κ3) is 2.77. The molecule has 3 saturated heterocycles. The van der Waals surface area contributed by atoms with E-state index in [4.69, 9.17) is 0 Å². The van der Waals surface area contributed by atoms with Crippen molar-refractivity contribution in [2.24, 2.45) is 5.92 Å². The molecule has 0 saturated carbocycles. The van der Waals surface area contributed by atoms with Crippen molar-refractivity contribution in [3.05, 3.63) is 39.9 Å². The van der Waals surface area contributed by atoms with Crippen LogP contribution in [0.5, 0.6) is 0 Å². The van der Waals surface area contributed by atoms with E-state index in [-0.39, 0.29) is 10.6 Å². The van der Waals surface area contributed by atoms with Gasteiger partial charge in [0.1, 0.15) is 0 Å². The van der Waals surface area contributed by atoms with Crippen LogP contribution < -0.4 is 5.32 Å². The van der Waals surface area contributed by atoms with E-state index in [1.54, 1.807) is 12.1 Å². The Morgan fingerprint density at radius 3 is 2.79 bits per heavy atom. The number of piperidine rings is 3. The van der Waals surface area contributed by atoms with Gasteiger partial charge in [-0.1, -0.05) is 12.1 Å². The van der Waals surface area contributed by atoms with Crippen LogP contribution in [0.2, 0.25) is 0 Å². The summed E-state index contributed by atoms with van der Waals surface area (Å²) in [6, 6.07) is 7.45. The number of non-ortho nitro benzene ring substituents is 1.